The Morgan fingerprint density at radius 1 is 0.906 bits per heavy atom. The Kier molecular flexibility index (Phi) is 16.5. The smallest absolute Gasteiger partial charge is 0.385 e. The van der Waals surface area contributed by atoms with Gasteiger partial charge in [-0.25, -0.2) is 4.79 Å². The lowest BCUT2D eigenvalue weighted by molar-refractivity contribution is -0.133. The summed E-state index contributed by atoms with van der Waals surface area (Å²) in [4.78, 5) is 10.6. The highest BCUT2D eigenvalue weighted by atomic mass is 16.5. The average Bonchev–Trinajstić information content (AvgIpc) is 3.14. The van der Waals surface area contributed by atoms with E-state index in [1.165, 1.54) is 13.5 Å². The SMILES string of the molecule is CC#CC#CC#CC#CC#CC#CC#CC#CC(=O)OC.CCC(C)C1OCC(C)C1C.[HH].[HH].[HH].[HH].[HH].[HH].[HH].[HH].[HH].[HH].[HH].[HH].[HH].[HH].[HH]. The van der Waals surface area contributed by atoms with Gasteiger partial charge in [-0.3, -0.25) is 0 Å². The quantitative estimate of drug-likeness (QED) is 0.269. The van der Waals surface area contributed by atoms with Gasteiger partial charge in [0, 0.05) is 33.9 Å². The van der Waals surface area contributed by atoms with Gasteiger partial charge in [0.05, 0.1) is 13.2 Å². The summed E-state index contributed by atoms with van der Waals surface area (Å²) in [6, 6.07) is 0. The van der Waals surface area contributed by atoms with Crippen molar-refractivity contribution >= 4 is 5.97 Å². The van der Waals surface area contributed by atoms with Gasteiger partial charge >= 0.3 is 5.97 Å². The fourth-order valence-corrected chi connectivity index (χ4v) is 2.38. The summed E-state index contributed by atoms with van der Waals surface area (Å²) in [7, 11) is 1.23. The zero-order valence-electron chi connectivity index (χ0n) is 19.4. The zero-order valence-corrected chi connectivity index (χ0v) is 19.4. The van der Waals surface area contributed by atoms with Crippen LogP contribution in [0.2, 0.25) is 0 Å². The molecule has 0 bridgehead atoms. The van der Waals surface area contributed by atoms with Crippen LogP contribution in [-0.4, -0.2) is 25.8 Å². The minimum atomic E-state index is -0.653. The predicted octanol–water partition coefficient (Wildman–Crippen LogP) is 6.60. The molecule has 4 unspecified atom stereocenters. The molecule has 1 aliphatic heterocycles. The van der Waals surface area contributed by atoms with E-state index in [9.17, 15) is 4.79 Å². The molecular weight excluding hydrogens is 396 g/mol. The van der Waals surface area contributed by atoms with Crippen LogP contribution in [0.5, 0.6) is 0 Å². The van der Waals surface area contributed by atoms with Crippen molar-refractivity contribution in [2.45, 2.75) is 47.1 Å². The summed E-state index contributed by atoms with van der Waals surface area (Å²) in [5.41, 5.74) is 0. The van der Waals surface area contributed by atoms with Gasteiger partial charge < -0.3 is 9.47 Å². The lowest BCUT2D eigenvalue weighted by Gasteiger charge is -2.21. The van der Waals surface area contributed by atoms with Crippen molar-refractivity contribution < 1.29 is 35.7 Å². The molecule has 190 valence electrons. The summed E-state index contributed by atoms with van der Waals surface area (Å²) >= 11 is 0. The fraction of sp³-hybridized carbons (Fsp3) is 0.414. The molecule has 3 heteroatoms. The second-order valence-electron chi connectivity index (χ2n) is 6.64. The van der Waals surface area contributed by atoms with Gasteiger partial charge in [0.2, 0.25) is 0 Å². The third-order valence-corrected chi connectivity index (χ3v) is 4.46. The summed E-state index contributed by atoms with van der Waals surface area (Å²) in [5.74, 6) is 40.6. The van der Waals surface area contributed by atoms with Crippen LogP contribution in [0.4, 0.5) is 0 Å². The third kappa shape index (κ3) is 14.0. The zero-order chi connectivity index (χ0) is 24.0. The van der Waals surface area contributed by atoms with E-state index in [1.54, 1.807) is 6.92 Å². The number of carbonyl (C=O) groups is 1. The Bertz CT molecular complexity index is 1170. The van der Waals surface area contributed by atoms with Crippen molar-refractivity contribution in [1.82, 2.24) is 0 Å². The van der Waals surface area contributed by atoms with Crippen LogP contribution < -0.4 is 0 Å². The molecule has 0 aromatic rings. The maximum atomic E-state index is 10.6. The van der Waals surface area contributed by atoms with Gasteiger partial charge in [-0.05, 0) is 108 Å². The number of methoxy groups -OCH3 is 1. The standard InChI is InChI=1S/C19H6O2.C10H20O.15H2/c1-3-4-5-6-7-8-9-10-11-12-13-14-15-16-17-18-19(20)21-2;1-5-7(2)10-9(4)8(3)6-11-10;;;;;;;;;;;;;;;/h1-2H3;7-10H,5-6H2,1-4H3;15*1H. The molecule has 3 nitrogen and oxygen atoms in total. The maximum absolute atomic E-state index is 10.6. The Morgan fingerprint density at radius 3 is 1.69 bits per heavy atom. The predicted molar refractivity (Wildman–Crippen MR) is 159 cm³/mol. The molecule has 4 atom stereocenters. The van der Waals surface area contributed by atoms with E-state index >= 15 is 0 Å². The van der Waals surface area contributed by atoms with Crippen LogP contribution in [0.3, 0.4) is 0 Å². The highest BCUT2D eigenvalue weighted by molar-refractivity contribution is 5.88. The number of rotatable bonds is 2. The Labute approximate surface area is 216 Å². The second-order valence-corrected chi connectivity index (χ2v) is 6.64. The number of carbonyl (C=O) groups excluding carboxylic acids is 1. The average molecular weight is 453 g/mol. The van der Waals surface area contributed by atoms with E-state index < -0.39 is 5.97 Å². The lowest BCUT2D eigenvalue weighted by Crippen LogP contribution is -2.23. The van der Waals surface area contributed by atoms with Crippen molar-refractivity contribution in [2.75, 3.05) is 13.7 Å². The van der Waals surface area contributed by atoms with Crippen molar-refractivity contribution in [3.8, 4) is 94.7 Å². The molecule has 1 aliphatic rings. The number of esters is 1. The van der Waals surface area contributed by atoms with Gasteiger partial charge in [0.25, 0.3) is 0 Å². The minimum absolute atomic E-state index is 0. The maximum Gasteiger partial charge on any atom is 0.385 e. The van der Waals surface area contributed by atoms with Crippen molar-refractivity contribution in [3.05, 3.63) is 0 Å². The first-order valence-corrected chi connectivity index (χ1v) is 10.1. The largest absolute Gasteiger partial charge is 0.459 e. The molecule has 0 amide bonds. The van der Waals surface area contributed by atoms with Gasteiger partial charge in [0.15, 0.2) is 0 Å². The van der Waals surface area contributed by atoms with Crippen molar-refractivity contribution in [1.29, 1.82) is 0 Å². The first-order valence-electron chi connectivity index (χ1n) is 10.1. The number of hydrogen-bond acceptors (Lipinski definition) is 3. The van der Waals surface area contributed by atoms with Crippen LogP contribution in [0.1, 0.15) is 62.4 Å². The second kappa shape index (κ2) is 18.9. The Hall–Kier alpha value is -4.09. The molecule has 1 rings (SSSR count). The highest BCUT2D eigenvalue weighted by Gasteiger charge is 2.33. The molecule has 0 aromatic carbocycles. The first kappa shape index (κ1) is 27.9. The van der Waals surface area contributed by atoms with Crippen LogP contribution in [-0.2, 0) is 14.3 Å². The van der Waals surface area contributed by atoms with E-state index in [4.69, 9.17) is 4.74 Å². The van der Waals surface area contributed by atoms with Gasteiger partial charge in [-0.2, -0.15) is 0 Å². The van der Waals surface area contributed by atoms with E-state index in [1.807, 2.05) is 0 Å². The summed E-state index contributed by atoms with van der Waals surface area (Å²) in [6.07, 6.45) is 1.76. The summed E-state index contributed by atoms with van der Waals surface area (Å²) < 4.78 is 10.0. The van der Waals surface area contributed by atoms with Gasteiger partial charge in [0.1, 0.15) is 0 Å². The number of hydrogen-bond donors (Lipinski definition) is 0. The van der Waals surface area contributed by atoms with Crippen LogP contribution in [0.15, 0.2) is 0 Å². The van der Waals surface area contributed by atoms with E-state index in [2.05, 4.69) is 127 Å². The Morgan fingerprint density at radius 2 is 1.34 bits per heavy atom. The highest BCUT2D eigenvalue weighted by Crippen LogP contribution is 2.31. The van der Waals surface area contributed by atoms with Crippen molar-refractivity contribution in [2.24, 2.45) is 17.8 Å². The van der Waals surface area contributed by atoms with Crippen LogP contribution in [0, 0.1) is 112 Å². The number of ether oxygens (including phenoxy) is 2. The van der Waals surface area contributed by atoms with Crippen LogP contribution in [0.25, 0.3) is 0 Å². The molecule has 0 N–H and O–H groups in total. The Balaban J connectivity index is -0.0000000238. The molecular formula is C29H56O3. The van der Waals surface area contributed by atoms with E-state index in [0.29, 0.717) is 6.10 Å². The van der Waals surface area contributed by atoms with Crippen molar-refractivity contribution in [3.63, 3.8) is 0 Å². The molecule has 1 heterocycles. The molecule has 0 aliphatic carbocycles. The van der Waals surface area contributed by atoms with E-state index in [0.717, 1.165) is 24.4 Å². The molecule has 32 heavy (non-hydrogen) atoms. The first-order chi connectivity index (χ1) is 15.5. The minimum Gasteiger partial charge on any atom is -0.459 e. The molecule has 0 spiro atoms. The third-order valence-electron chi connectivity index (χ3n) is 4.46. The summed E-state index contributed by atoms with van der Waals surface area (Å²) in [5, 5.41) is 0. The monoisotopic (exact) mass is 452 g/mol. The molecule has 0 radical (unpaired) electrons. The summed E-state index contributed by atoms with van der Waals surface area (Å²) in [6.45, 7) is 11.8. The molecule has 0 saturated carbocycles. The fourth-order valence-electron chi connectivity index (χ4n) is 2.38. The topological polar surface area (TPSA) is 35.5 Å². The van der Waals surface area contributed by atoms with Gasteiger partial charge in [-0.1, -0.05) is 40.0 Å². The van der Waals surface area contributed by atoms with Gasteiger partial charge in [-0.15, -0.1) is 0 Å². The lowest BCUT2D eigenvalue weighted by atomic mass is 9.87. The normalized spacial score (nSPS) is 17.1. The molecule has 0 aromatic heterocycles. The molecule has 1 fully saturated rings. The molecule has 1 saturated heterocycles. The van der Waals surface area contributed by atoms with E-state index in [-0.39, 0.29) is 21.4 Å². The van der Waals surface area contributed by atoms with Crippen LogP contribution >= 0.6 is 0 Å².